The van der Waals surface area contributed by atoms with E-state index in [1.807, 2.05) is 31.3 Å². The highest BCUT2D eigenvalue weighted by molar-refractivity contribution is 5.93. The van der Waals surface area contributed by atoms with Crippen molar-refractivity contribution in [2.45, 2.75) is 31.8 Å². The standard InChI is InChI=1S/C17H22N2O2/c1-17(20)7-3-10-19(11-8-17)16-15-5-4-14(21-2)12-13(15)6-9-18-16/h4-6,9,12,20H,3,7-8,10-11H2,1-2H3. The second kappa shape index (κ2) is 5.53. The second-order valence-electron chi connectivity index (χ2n) is 6.06. The lowest BCUT2D eigenvalue weighted by Crippen LogP contribution is -2.28. The summed E-state index contributed by atoms with van der Waals surface area (Å²) in [5.74, 6) is 1.87. The molecule has 1 aliphatic rings. The van der Waals surface area contributed by atoms with Crippen molar-refractivity contribution in [3.63, 3.8) is 0 Å². The molecule has 1 atom stereocenters. The number of rotatable bonds is 2. The lowest BCUT2D eigenvalue weighted by atomic mass is 9.98. The molecule has 1 N–H and O–H groups in total. The largest absolute Gasteiger partial charge is 0.497 e. The molecule has 4 heteroatoms. The molecule has 0 bridgehead atoms. The van der Waals surface area contributed by atoms with Crippen molar-refractivity contribution in [3.8, 4) is 5.75 Å². The number of methoxy groups -OCH3 is 1. The first kappa shape index (κ1) is 14.1. The molecule has 0 saturated carbocycles. The summed E-state index contributed by atoms with van der Waals surface area (Å²) >= 11 is 0. The predicted molar refractivity (Wildman–Crippen MR) is 85.0 cm³/mol. The zero-order valence-electron chi connectivity index (χ0n) is 12.7. The Morgan fingerprint density at radius 3 is 2.90 bits per heavy atom. The molecule has 0 aliphatic carbocycles. The number of aromatic nitrogens is 1. The van der Waals surface area contributed by atoms with Gasteiger partial charge in [-0.25, -0.2) is 4.98 Å². The minimum absolute atomic E-state index is 0.553. The van der Waals surface area contributed by atoms with E-state index < -0.39 is 5.60 Å². The first-order valence-corrected chi connectivity index (χ1v) is 7.49. The van der Waals surface area contributed by atoms with Gasteiger partial charge in [0.1, 0.15) is 11.6 Å². The fraction of sp³-hybridized carbons (Fsp3) is 0.471. The number of aliphatic hydroxyl groups is 1. The third kappa shape index (κ3) is 2.95. The molecule has 2 aromatic rings. The molecule has 1 aromatic heterocycles. The number of nitrogens with zero attached hydrogens (tertiary/aromatic N) is 2. The molecule has 3 rings (SSSR count). The van der Waals surface area contributed by atoms with Gasteiger partial charge in [0, 0.05) is 24.7 Å². The summed E-state index contributed by atoms with van der Waals surface area (Å²) in [6.07, 6.45) is 4.46. The fourth-order valence-electron chi connectivity index (χ4n) is 2.99. The van der Waals surface area contributed by atoms with Gasteiger partial charge in [0.2, 0.25) is 0 Å². The van der Waals surface area contributed by atoms with Crippen LogP contribution in [0, 0.1) is 0 Å². The van der Waals surface area contributed by atoms with Gasteiger partial charge in [-0.15, -0.1) is 0 Å². The Bertz CT molecular complexity index is 640. The number of pyridine rings is 1. The zero-order valence-corrected chi connectivity index (χ0v) is 12.7. The number of anilines is 1. The van der Waals surface area contributed by atoms with Crippen molar-refractivity contribution in [3.05, 3.63) is 30.5 Å². The summed E-state index contributed by atoms with van der Waals surface area (Å²) in [6.45, 7) is 3.71. The van der Waals surface area contributed by atoms with E-state index in [0.29, 0.717) is 0 Å². The van der Waals surface area contributed by atoms with Crippen LogP contribution in [0.25, 0.3) is 10.8 Å². The zero-order chi connectivity index (χ0) is 14.9. The molecule has 0 radical (unpaired) electrons. The first-order chi connectivity index (χ1) is 10.1. The minimum Gasteiger partial charge on any atom is -0.497 e. The Kier molecular flexibility index (Phi) is 3.72. The van der Waals surface area contributed by atoms with Crippen LogP contribution in [0.4, 0.5) is 5.82 Å². The van der Waals surface area contributed by atoms with Crippen molar-refractivity contribution in [1.82, 2.24) is 4.98 Å². The maximum absolute atomic E-state index is 10.2. The molecule has 1 fully saturated rings. The Labute approximate surface area is 125 Å². The minimum atomic E-state index is -0.553. The molecule has 1 saturated heterocycles. The second-order valence-corrected chi connectivity index (χ2v) is 6.06. The van der Waals surface area contributed by atoms with E-state index in [1.54, 1.807) is 7.11 Å². The SMILES string of the molecule is COc1ccc2c(N3CCCC(C)(O)CC3)nccc2c1. The third-order valence-electron chi connectivity index (χ3n) is 4.31. The lowest BCUT2D eigenvalue weighted by molar-refractivity contribution is 0.0481. The molecule has 1 aliphatic heterocycles. The average molecular weight is 286 g/mol. The Hall–Kier alpha value is -1.81. The smallest absolute Gasteiger partial charge is 0.136 e. The number of ether oxygens (including phenoxy) is 1. The van der Waals surface area contributed by atoms with Crippen molar-refractivity contribution in [2.75, 3.05) is 25.1 Å². The van der Waals surface area contributed by atoms with Crippen LogP contribution >= 0.6 is 0 Å². The number of benzene rings is 1. The van der Waals surface area contributed by atoms with E-state index in [4.69, 9.17) is 4.74 Å². The highest BCUT2D eigenvalue weighted by Gasteiger charge is 2.26. The Morgan fingerprint density at radius 2 is 2.10 bits per heavy atom. The molecule has 0 spiro atoms. The summed E-state index contributed by atoms with van der Waals surface area (Å²) < 4.78 is 5.29. The highest BCUT2D eigenvalue weighted by atomic mass is 16.5. The van der Waals surface area contributed by atoms with Crippen LogP contribution in [0.1, 0.15) is 26.2 Å². The van der Waals surface area contributed by atoms with Gasteiger partial charge in [0.25, 0.3) is 0 Å². The predicted octanol–water partition coefficient (Wildman–Crippen LogP) is 2.98. The molecular weight excluding hydrogens is 264 g/mol. The fourth-order valence-corrected chi connectivity index (χ4v) is 2.99. The van der Waals surface area contributed by atoms with Crippen molar-refractivity contribution >= 4 is 16.6 Å². The average Bonchev–Trinajstić information content (AvgIpc) is 2.67. The normalized spacial score (nSPS) is 23.1. The molecule has 2 heterocycles. The van der Waals surface area contributed by atoms with E-state index in [-0.39, 0.29) is 0 Å². The Morgan fingerprint density at radius 1 is 1.24 bits per heavy atom. The van der Waals surface area contributed by atoms with E-state index >= 15 is 0 Å². The molecule has 21 heavy (non-hydrogen) atoms. The van der Waals surface area contributed by atoms with Gasteiger partial charge in [0.15, 0.2) is 0 Å². The maximum atomic E-state index is 10.2. The van der Waals surface area contributed by atoms with E-state index in [2.05, 4.69) is 16.0 Å². The highest BCUT2D eigenvalue weighted by Crippen LogP contribution is 2.30. The number of hydrogen-bond acceptors (Lipinski definition) is 4. The van der Waals surface area contributed by atoms with Gasteiger partial charge in [-0.05, 0) is 55.8 Å². The summed E-state index contributed by atoms with van der Waals surface area (Å²) in [4.78, 5) is 6.87. The van der Waals surface area contributed by atoms with Gasteiger partial charge < -0.3 is 14.7 Å². The van der Waals surface area contributed by atoms with Crippen LogP contribution in [0.15, 0.2) is 30.5 Å². The van der Waals surface area contributed by atoms with Crippen molar-refractivity contribution < 1.29 is 9.84 Å². The molecule has 1 unspecified atom stereocenters. The summed E-state index contributed by atoms with van der Waals surface area (Å²) in [5, 5.41) is 12.5. The summed E-state index contributed by atoms with van der Waals surface area (Å²) in [6, 6.07) is 8.09. The quantitative estimate of drug-likeness (QED) is 0.922. The van der Waals surface area contributed by atoms with E-state index in [1.165, 1.54) is 0 Å². The van der Waals surface area contributed by atoms with Crippen molar-refractivity contribution in [2.24, 2.45) is 0 Å². The van der Waals surface area contributed by atoms with Crippen LogP contribution in [-0.4, -0.2) is 35.9 Å². The van der Waals surface area contributed by atoms with Gasteiger partial charge in [0.05, 0.1) is 12.7 Å². The topological polar surface area (TPSA) is 45.6 Å². The van der Waals surface area contributed by atoms with E-state index in [0.717, 1.165) is 54.7 Å². The van der Waals surface area contributed by atoms with Crippen LogP contribution in [0.3, 0.4) is 0 Å². The first-order valence-electron chi connectivity index (χ1n) is 7.49. The molecule has 4 nitrogen and oxygen atoms in total. The summed E-state index contributed by atoms with van der Waals surface area (Å²) in [7, 11) is 1.68. The maximum Gasteiger partial charge on any atom is 0.136 e. The van der Waals surface area contributed by atoms with Gasteiger partial charge in [-0.3, -0.25) is 0 Å². The molecule has 1 aromatic carbocycles. The van der Waals surface area contributed by atoms with Gasteiger partial charge in [-0.2, -0.15) is 0 Å². The van der Waals surface area contributed by atoms with Crippen molar-refractivity contribution in [1.29, 1.82) is 0 Å². The van der Waals surface area contributed by atoms with Gasteiger partial charge >= 0.3 is 0 Å². The summed E-state index contributed by atoms with van der Waals surface area (Å²) in [5.41, 5.74) is -0.553. The van der Waals surface area contributed by atoms with Crippen LogP contribution in [-0.2, 0) is 0 Å². The van der Waals surface area contributed by atoms with Gasteiger partial charge in [-0.1, -0.05) is 0 Å². The molecule has 112 valence electrons. The molecule has 0 amide bonds. The number of hydrogen-bond donors (Lipinski definition) is 1. The van der Waals surface area contributed by atoms with Crippen LogP contribution in [0.2, 0.25) is 0 Å². The molecular formula is C17H22N2O2. The van der Waals surface area contributed by atoms with E-state index in [9.17, 15) is 5.11 Å². The Balaban J connectivity index is 1.96. The lowest BCUT2D eigenvalue weighted by Gasteiger charge is -2.24. The van der Waals surface area contributed by atoms with Crippen LogP contribution < -0.4 is 9.64 Å². The monoisotopic (exact) mass is 286 g/mol. The third-order valence-corrected chi connectivity index (χ3v) is 4.31. The van der Waals surface area contributed by atoms with Crippen LogP contribution in [0.5, 0.6) is 5.75 Å². The number of fused-ring (bicyclic) bond motifs is 1.